The van der Waals surface area contributed by atoms with Gasteiger partial charge in [-0.3, -0.25) is 4.79 Å². The summed E-state index contributed by atoms with van der Waals surface area (Å²) < 4.78 is 0. The number of aryl methyl sites for hydroxylation is 1. The molecule has 4 nitrogen and oxygen atoms in total. The summed E-state index contributed by atoms with van der Waals surface area (Å²) in [7, 11) is 0. The van der Waals surface area contributed by atoms with E-state index < -0.39 is 0 Å². The fraction of sp³-hybridized carbons (Fsp3) is 0.583. The van der Waals surface area contributed by atoms with Crippen LogP contribution in [0.15, 0.2) is 16.9 Å². The summed E-state index contributed by atoms with van der Waals surface area (Å²) >= 11 is 0. The van der Waals surface area contributed by atoms with Crippen LogP contribution in [0.5, 0.6) is 0 Å². The molecule has 0 radical (unpaired) electrons. The summed E-state index contributed by atoms with van der Waals surface area (Å²) in [6.45, 7) is 6.96. The van der Waals surface area contributed by atoms with Crippen LogP contribution in [0, 0.1) is 0 Å². The third-order valence-electron chi connectivity index (χ3n) is 3.14. The van der Waals surface area contributed by atoms with Crippen molar-refractivity contribution in [3.05, 3.63) is 28.2 Å². The second kappa shape index (κ2) is 4.70. The minimum Gasteiger partial charge on any atom is -0.362 e. The molecule has 1 saturated heterocycles. The number of aromatic nitrogens is 1. The molecule has 1 aromatic rings. The molecule has 0 aliphatic carbocycles. The Bertz CT molecular complexity index is 413. The van der Waals surface area contributed by atoms with Gasteiger partial charge in [-0.05, 0) is 25.5 Å². The SMILES string of the molecule is CCc1ccc(N2CCNCC2C)c(=O)[nH]1. The Labute approximate surface area is 95.7 Å². The van der Waals surface area contributed by atoms with E-state index in [0.717, 1.165) is 37.4 Å². The van der Waals surface area contributed by atoms with Crippen molar-refractivity contribution in [2.75, 3.05) is 24.5 Å². The van der Waals surface area contributed by atoms with Crippen molar-refractivity contribution in [3.8, 4) is 0 Å². The molecule has 16 heavy (non-hydrogen) atoms. The van der Waals surface area contributed by atoms with Crippen LogP contribution in [0.4, 0.5) is 5.69 Å². The number of H-pyrrole nitrogens is 1. The van der Waals surface area contributed by atoms with Gasteiger partial charge < -0.3 is 15.2 Å². The Morgan fingerprint density at radius 2 is 2.31 bits per heavy atom. The van der Waals surface area contributed by atoms with Gasteiger partial charge in [0.15, 0.2) is 0 Å². The zero-order valence-electron chi connectivity index (χ0n) is 9.92. The molecule has 4 heteroatoms. The monoisotopic (exact) mass is 221 g/mol. The maximum Gasteiger partial charge on any atom is 0.271 e. The highest BCUT2D eigenvalue weighted by molar-refractivity contribution is 5.46. The average Bonchev–Trinajstić information content (AvgIpc) is 2.30. The molecule has 2 N–H and O–H groups in total. The molecule has 1 aliphatic heterocycles. The number of nitrogens with one attached hydrogen (secondary N) is 2. The summed E-state index contributed by atoms with van der Waals surface area (Å²) in [4.78, 5) is 17.0. The van der Waals surface area contributed by atoms with Crippen molar-refractivity contribution in [1.29, 1.82) is 0 Å². The van der Waals surface area contributed by atoms with Gasteiger partial charge >= 0.3 is 0 Å². The molecule has 0 aromatic carbocycles. The largest absolute Gasteiger partial charge is 0.362 e. The van der Waals surface area contributed by atoms with Crippen LogP contribution >= 0.6 is 0 Å². The summed E-state index contributed by atoms with van der Waals surface area (Å²) in [6.07, 6.45) is 0.868. The molecule has 2 heterocycles. The van der Waals surface area contributed by atoms with Gasteiger partial charge in [-0.1, -0.05) is 6.92 Å². The molecule has 2 rings (SSSR count). The van der Waals surface area contributed by atoms with Crippen molar-refractivity contribution < 1.29 is 0 Å². The first-order chi connectivity index (χ1) is 7.72. The van der Waals surface area contributed by atoms with Gasteiger partial charge in [0.05, 0.1) is 0 Å². The van der Waals surface area contributed by atoms with E-state index in [1.54, 1.807) is 0 Å². The Morgan fingerprint density at radius 1 is 1.50 bits per heavy atom. The fourth-order valence-electron chi connectivity index (χ4n) is 2.14. The normalized spacial score (nSPS) is 21.1. The lowest BCUT2D eigenvalue weighted by Crippen LogP contribution is -2.51. The van der Waals surface area contributed by atoms with E-state index in [1.165, 1.54) is 0 Å². The Hall–Kier alpha value is -1.29. The lowest BCUT2D eigenvalue weighted by Gasteiger charge is -2.35. The van der Waals surface area contributed by atoms with Crippen molar-refractivity contribution in [2.24, 2.45) is 0 Å². The first-order valence-electron chi connectivity index (χ1n) is 5.92. The number of hydrogen-bond acceptors (Lipinski definition) is 3. The molecule has 1 unspecified atom stereocenters. The van der Waals surface area contributed by atoms with E-state index in [0.29, 0.717) is 6.04 Å². The van der Waals surface area contributed by atoms with Gasteiger partial charge in [0.2, 0.25) is 0 Å². The zero-order valence-corrected chi connectivity index (χ0v) is 9.92. The lowest BCUT2D eigenvalue weighted by molar-refractivity contribution is 0.499. The average molecular weight is 221 g/mol. The van der Waals surface area contributed by atoms with Crippen LogP contribution in [0.3, 0.4) is 0 Å². The van der Waals surface area contributed by atoms with Gasteiger partial charge in [0, 0.05) is 31.4 Å². The molecular weight excluding hydrogens is 202 g/mol. The molecule has 88 valence electrons. The lowest BCUT2D eigenvalue weighted by atomic mass is 10.2. The number of rotatable bonds is 2. The quantitative estimate of drug-likeness (QED) is 0.774. The third kappa shape index (κ3) is 2.11. The number of anilines is 1. The van der Waals surface area contributed by atoms with Crippen molar-refractivity contribution in [2.45, 2.75) is 26.3 Å². The molecule has 1 fully saturated rings. The first kappa shape index (κ1) is 11.2. The molecule has 0 amide bonds. The van der Waals surface area contributed by atoms with Gasteiger partial charge in [-0.25, -0.2) is 0 Å². The van der Waals surface area contributed by atoms with E-state index in [9.17, 15) is 4.79 Å². The first-order valence-corrected chi connectivity index (χ1v) is 5.92. The molecule has 0 bridgehead atoms. The van der Waals surface area contributed by atoms with Crippen molar-refractivity contribution in [3.63, 3.8) is 0 Å². The standard InChI is InChI=1S/C12H19N3O/c1-3-10-4-5-11(12(16)14-10)15-7-6-13-8-9(15)2/h4-5,9,13H,3,6-8H2,1-2H3,(H,14,16). The van der Waals surface area contributed by atoms with Crippen LogP contribution in [-0.4, -0.2) is 30.7 Å². The summed E-state index contributed by atoms with van der Waals surface area (Å²) in [6, 6.07) is 4.33. The second-order valence-corrected chi connectivity index (χ2v) is 4.30. The predicted molar refractivity (Wildman–Crippen MR) is 66.1 cm³/mol. The van der Waals surface area contributed by atoms with Gasteiger partial charge in [-0.2, -0.15) is 0 Å². The Kier molecular flexibility index (Phi) is 3.29. The molecule has 1 atom stereocenters. The predicted octanol–water partition coefficient (Wildman–Crippen LogP) is 0.735. The highest BCUT2D eigenvalue weighted by Crippen LogP contribution is 2.13. The molecule has 0 saturated carbocycles. The maximum absolute atomic E-state index is 11.9. The Balaban J connectivity index is 2.29. The van der Waals surface area contributed by atoms with E-state index in [1.807, 2.05) is 19.1 Å². The summed E-state index contributed by atoms with van der Waals surface area (Å²) in [5.41, 5.74) is 1.83. The minimum atomic E-state index is 0.0353. The minimum absolute atomic E-state index is 0.0353. The topological polar surface area (TPSA) is 48.1 Å². The molecule has 1 aliphatic rings. The smallest absolute Gasteiger partial charge is 0.271 e. The number of hydrogen-bond donors (Lipinski definition) is 2. The van der Waals surface area contributed by atoms with E-state index >= 15 is 0 Å². The molecular formula is C12H19N3O. The van der Waals surface area contributed by atoms with Gasteiger partial charge in [-0.15, -0.1) is 0 Å². The van der Waals surface area contributed by atoms with Crippen LogP contribution in [0.1, 0.15) is 19.5 Å². The second-order valence-electron chi connectivity index (χ2n) is 4.30. The van der Waals surface area contributed by atoms with Gasteiger partial charge in [0.25, 0.3) is 5.56 Å². The maximum atomic E-state index is 11.9. The number of pyridine rings is 1. The number of nitrogens with zero attached hydrogens (tertiary/aromatic N) is 1. The third-order valence-corrected chi connectivity index (χ3v) is 3.14. The highest BCUT2D eigenvalue weighted by Gasteiger charge is 2.20. The molecule has 0 spiro atoms. The van der Waals surface area contributed by atoms with E-state index in [4.69, 9.17) is 0 Å². The number of piperazine rings is 1. The molecule has 1 aromatic heterocycles. The van der Waals surface area contributed by atoms with Crippen LogP contribution in [-0.2, 0) is 6.42 Å². The van der Waals surface area contributed by atoms with Crippen LogP contribution in [0.25, 0.3) is 0 Å². The van der Waals surface area contributed by atoms with E-state index in [2.05, 4.69) is 22.1 Å². The summed E-state index contributed by atoms with van der Waals surface area (Å²) in [5, 5.41) is 3.32. The highest BCUT2D eigenvalue weighted by atomic mass is 16.1. The number of aromatic amines is 1. The van der Waals surface area contributed by atoms with Crippen molar-refractivity contribution in [1.82, 2.24) is 10.3 Å². The Morgan fingerprint density at radius 3 is 2.94 bits per heavy atom. The van der Waals surface area contributed by atoms with E-state index in [-0.39, 0.29) is 5.56 Å². The summed E-state index contributed by atoms with van der Waals surface area (Å²) in [5.74, 6) is 0. The zero-order chi connectivity index (χ0) is 11.5. The van der Waals surface area contributed by atoms with Crippen molar-refractivity contribution >= 4 is 5.69 Å². The van der Waals surface area contributed by atoms with Gasteiger partial charge in [0.1, 0.15) is 5.69 Å². The van der Waals surface area contributed by atoms with Crippen LogP contribution in [0.2, 0.25) is 0 Å². The fourth-order valence-corrected chi connectivity index (χ4v) is 2.14. The van der Waals surface area contributed by atoms with Crippen LogP contribution < -0.4 is 15.8 Å².